The SMILES string of the molecule is COc1cc(CC(O)c2ncccn2)ncn1. The predicted molar refractivity (Wildman–Crippen MR) is 59.3 cm³/mol. The van der Waals surface area contributed by atoms with E-state index in [1.165, 1.54) is 13.4 Å². The van der Waals surface area contributed by atoms with Gasteiger partial charge in [-0.15, -0.1) is 0 Å². The van der Waals surface area contributed by atoms with Crippen molar-refractivity contribution in [2.24, 2.45) is 0 Å². The minimum atomic E-state index is -0.782. The second kappa shape index (κ2) is 5.31. The third-order valence-corrected chi connectivity index (χ3v) is 2.19. The van der Waals surface area contributed by atoms with E-state index in [9.17, 15) is 5.11 Å². The number of aromatic nitrogens is 4. The van der Waals surface area contributed by atoms with E-state index in [2.05, 4.69) is 19.9 Å². The van der Waals surface area contributed by atoms with Gasteiger partial charge in [0.2, 0.25) is 5.88 Å². The monoisotopic (exact) mass is 232 g/mol. The van der Waals surface area contributed by atoms with Gasteiger partial charge in [0.1, 0.15) is 12.4 Å². The van der Waals surface area contributed by atoms with Crippen LogP contribution in [0.15, 0.2) is 30.9 Å². The standard InChI is InChI=1S/C11H12N4O2/c1-17-10-6-8(14-7-15-10)5-9(16)11-12-3-2-4-13-11/h2-4,6-7,9,16H,5H2,1H3. The molecule has 6 nitrogen and oxygen atoms in total. The van der Waals surface area contributed by atoms with Crippen molar-refractivity contribution < 1.29 is 9.84 Å². The number of ether oxygens (including phenoxy) is 1. The Morgan fingerprint density at radius 1 is 1.24 bits per heavy atom. The molecule has 2 rings (SSSR count). The summed E-state index contributed by atoms with van der Waals surface area (Å²) >= 11 is 0. The largest absolute Gasteiger partial charge is 0.481 e. The molecule has 0 radical (unpaired) electrons. The zero-order valence-corrected chi connectivity index (χ0v) is 9.32. The van der Waals surface area contributed by atoms with Gasteiger partial charge >= 0.3 is 0 Å². The highest BCUT2D eigenvalue weighted by atomic mass is 16.5. The van der Waals surface area contributed by atoms with E-state index in [1.54, 1.807) is 24.5 Å². The molecule has 1 unspecified atom stereocenters. The first-order valence-electron chi connectivity index (χ1n) is 5.09. The summed E-state index contributed by atoms with van der Waals surface area (Å²) < 4.78 is 4.98. The molecule has 0 saturated carbocycles. The summed E-state index contributed by atoms with van der Waals surface area (Å²) in [7, 11) is 1.53. The van der Waals surface area contributed by atoms with Crippen LogP contribution >= 0.6 is 0 Å². The maximum Gasteiger partial charge on any atom is 0.216 e. The molecule has 17 heavy (non-hydrogen) atoms. The van der Waals surface area contributed by atoms with E-state index < -0.39 is 6.10 Å². The zero-order valence-electron chi connectivity index (χ0n) is 9.32. The molecule has 0 bridgehead atoms. The number of aliphatic hydroxyl groups is 1. The first-order valence-corrected chi connectivity index (χ1v) is 5.09. The number of hydrogen-bond acceptors (Lipinski definition) is 6. The fourth-order valence-corrected chi connectivity index (χ4v) is 1.37. The Morgan fingerprint density at radius 2 is 2.00 bits per heavy atom. The fourth-order valence-electron chi connectivity index (χ4n) is 1.37. The molecule has 0 aromatic carbocycles. The quantitative estimate of drug-likeness (QED) is 0.829. The van der Waals surface area contributed by atoms with E-state index >= 15 is 0 Å². The van der Waals surface area contributed by atoms with Gasteiger partial charge in [-0.2, -0.15) is 0 Å². The Balaban J connectivity index is 2.10. The Kier molecular flexibility index (Phi) is 3.56. The molecule has 0 spiro atoms. The summed E-state index contributed by atoms with van der Waals surface area (Å²) in [5, 5.41) is 9.91. The van der Waals surface area contributed by atoms with Crippen molar-refractivity contribution in [3.8, 4) is 5.88 Å². The highest BCUT2D eigenvalue weighted by molar-refractivity contribution is 5.14. The van der Waals surface area contributed by atoms with Crippen LogP contribution in [-0.2, 0) is 6.42 Å². The van der Waals surface area contributed by atoms with Gasteiger partial charge in [-0.05, 0) is 6.07 Å². The zero-order chi connectivity index (χ0) is 12.1. The second-order valence-corrected chi connectivity index (χ2v) is 3.38. The second-order valence-electron chi connectivity index (χ2n) is 3.38. The molecular formula is C11H12N4O2. The lowest BCUT2D eigenvalue weighted by Crippen LogP contribution is -2.07. The molecule has 0 aliphatic heterocycles. The first-order chi connectivity index (χ1) is 8.29. The smallest absolute Gasteiger partial charge is 0.216 e. The molecule has 0 amide bonds. The average molecular weight is 232 g/mol. The van der Waals surface area contributed by atoms with Crippen molar-refractivity contribution in [3.63, 3.8) is 0 Å². The molecule has 6 heteroatoms. The van der Waals surface area contributed by atoms with Crippen molar-refractivity contribution >= 4 is 0 Å². The van der Waals surface area contributed by atoms with Crippen molar-refractivity contribution in [1.29, 1.82) is 0 Å². The van der Waals surface area contributed by atoms with Gasteiger partial charge in [-0.1, -0.05) is 0 Å². The highest BCUT2D eigenvalue weighted by Crippen LogP contribution is 2.14. The van der Waals surface area contributed by atoms with Crippen LogP contribution in [0.2, 0.25) is 0 Å². The van der Waals surface area contributed by atoms with Gasteiger partial charge in [0.15, 0.2) is 5.82 Å². The van der Waals surface area contributed by atoms with Crippen molar-refractivity contribution in [3.05, 3.63) is 42.4 Å². The van der Waals surface area contributed by atoms with Gasteiger partial charge in [-0.3, -0.25) is 0 Å². The fraction of sp³-hybridized carbons (Fsp3) is 0.273. The summed E-state index contributed by atoms with van der Waals surface area (Å²) in [5.41, 5.74) is 0.678. The lowest BCUT2D eigenvalue weighted by Gasteiger charge is -2.08. The molecule has 0 saturated heterocycles. The van der Waals surface area contributed by atoms with Gasteiger partial charge in [0.25, 0.3) is 0 Å². The van der Waals surface area contributed by atoms with Gasteiger partial charge < -0.3 is 9.84 Å². The van der Waals surface area contributed by atoms with Crippen LogP contribution in [0.4, 0.5) is 0 Å². The summed E-state index contributed by atoms with van der Waals surface area (Å²) in [6.07, 6.45) is 4.12. The highest BCUT2D eigenvalue weighted by Gasteiger charge is 2.12. The predicted octanol–water partition coefficient (Wildman–Crippen LogP) is 0.551. The van der Waals surface area contributed by atoms with Crippen LogP contribution in [0.25, 0.3) is 0 Å². The normalized spacial score (nSPS) is 12.1. The van der Waals surface area contributed by atoms with Gasteiger partial charge in [-0.25, -0.2) is 19.9 Å². The minimum absolute atomic E-state index is 0.322. The third-order valence-electron chi connectivity index (χ3n) is 2.19. The summed E-state index contributed by atoms with van der Waals surface area (Å²) in [6, 6.07) is 3.37. The summed E-state index contributed by atoms with van der Waals surface area (Å²) in [5.74, 6) is 0.848. The van der Waals surface area contributed by atoms with Crippen molar-refractivity contribution in [1.82, 2.24) is 19.9 Å². The van der Waals surface area contributed by atoms with E-state index in [0.717, 1.165) is 0 Å². The number of hydrogen-bond donors (Lipinski definition) is 1. The maximum absolute atomic E-state index is 9.91. The van der Waals surface area contributed by atoms with Crippen LogP contribution in [0.5, 0.6) is 5.88 Å². The lowest BCUT2D eigenvalue weighted by molar-refractivity contribution is 0.167. The summed E-state index contributed by atoms with van der Waals surface area (Å²) in [6.45, 7) is 0. The molecule has 1 atom stereocenters. The topological polar surface area (TPSA) is 81.0 Å². The van der Waals surface area contributed by atoms with Crippen molar-refractivity contribution in [2.45, 2.75) is 12.5 Å². The number of aliphatic hydroxyl groups excluding tert-OH is 1. The van der Waals surface area contributed by atoms with Crippen LogP contribution in [0.1, 0.15) is 17.6 Å². The molecule has 1 N–H and O–H groups in total. The Morgan fingerprint density at radius 3 is 2.71 bits per heavy atom. The van der Waals surface area contributed by atoms with Crippen molar-refractivity contribution in [2.75, 3.05) is 7.11 Å². The van der Waals surface area contributed by atoms with E-state index in [-0.39, 0.29) is 0 Å². The molecule has 2 aromatic rings. The van der Waals surface area contributed by atoms with E-state index in [4.69, 9.17) is 4.74 Å². The third kappa shape index (κ3) is 2.94. The Labute approximate surface area is 98.4 Å². The van der Waals surface area contributed by atoms with Gasteiger partial charge in [0.05, 0.1) is 12.8 Å². The molecular weight excluding hydrogens is 220 g/mol. The lowest BCUT2D eigenvalue weighted by atomic mass is 10.2. The Hall–Kier alpha value is -2.08. The Bertz CT molecular complexity index is 478. The number of rotatable bonds is 4. The molecule has 0 fully saturated rings. The maximum atomic E-state index is 9.91. The molecule has 0 aliphatic rings. The summed E-state index contributed by atoms with van der Waals surface area (Å²) in [4.78, 5) is 15.9. The minimum Gasteiger partial charge on any atom is -0.481 e. The van der Waals surface area contributed by atoms with Crippen LogP contribution in [0, 0.1) is 0 Å². The molecule has 0 aliphatic carbocycles. The average Bonchev–Trinajstić information content (AvgIpc) is 2.40. The number of methoxy groups -OCH3 is 1. The molecule has 2 aromatic heterocycles. The van der Waals surface area contributed by atoms with Crippen LogP contribution in [0.3, 0.4) is 0 Å². The molecule has 88 valence electrons. The van der Waals surface area contributed by atoms with Crippen LogP contribution in [-0.4, -0.2) is 32.2 Å². The van der Waals surface area contributed by atoms with Crippen LogP contribution < -0.4 is 4.74 Å². The van der Waals surface area contributed by atoms with Gasteiger partial charge in [0, 0.05) is 24.9 Å². The van der Waals surface area contributed by atoms with E-state index in [0.29, 0.717) is 23.8 Å². The number of nitrogens with zero attached hydrogens (tertiary/aromatic N) is 4. The molecule has 2 heterocycles. The first kappa shape index (κ1) is 11.4. The van der Waals surface area contributed by atoms with E-state index in [1.807, 2.05) is 0 Å².